The quantitative estimate of drug-likeness (QED) is 0.830. The molecule has 3 atom stereocenters. The van der Waals surface area contributed by atoms with Crippen LogP contribution in [0.15, 0.2) is 0 Å². The second-order valence-electron chi connectivity index (χ2n) is 5.78. The maximum absolute atomic E-state index is 13.0. The molecule has 1 heterocycles. The molecule has 1 saturated carbocycles. The number of fused-ring (bicyclic) bond motifs is 1. The highest BCUT2D eigenvalue weighted by atomic mass is 32.1. The SMILES string of the molecule is CCOC(=O)c1c(NC(=O)[C@H]2C[C@@H]2F)sc2c1C[C@@H](N)CC2. The molecular weight excluding hydrogens is 307 g/mol. The molecule has 2 aliphatic rings. The van der Waals surface area contributed by atoms with Gasteiger partial charge in [0.15, 0.2) is 0 Å². The van der Waals surface area contributed by atoms with E-state index in [1.165, 1.54) is 11.3 Å². The largest absolute Gasteiger partial charge is 0.462 e. The molecule has 0 saturated heterocycles. The fraction of sp³-hybridized carbons (Fsp3) is 0.600. The first-order valence-electron chi connectivity index (χ1n) is 7.53. The van der Waals surface area contributed by atoms with Crippen LogP contribution in [0, 0.1) is 5.92 Å². The molecular formula is C15H19FN2O3S. The van der Waals surface area contributed by atoms with Gasteiger partial charge in [-0.3, -0.25) is 4.79 Å². The van der Waals surface area contributed by atoms with Crippen LogP contribution in [0.3, 0.4) is 0 Å². The van der Waals surface area contributed by atoms with E-state index in [9.17, 15) is 14.0 Å². The maximum atomic E-state index is 13.0. The number of nitrogens with one attached hydrogen (secondary N) is 1. The van der Waals surface area contributed by atoms with Crippen LogP contribution in [0.25, 0.3) is 0 Å². The van der Waals surface area contributed by atoms with Gasteiger partial charge in [0.2, 0.25) is 5.91 Å². The summed E-state index contributed by atoms with van der Waals surface area (Å²) in [6, 6.07) is 0.0116. The summed E-state index contributed by atoms with van der Waals surface area (Å²) in [6.45, 7) is 2.00. The lowest BCUT2D eigenvalue weighted by molar-refractivity contribution is -0.117. The van der Waals surface area contributed by atoms with Crippen molar-refractivity contribution >= 4 is 28.2 Å². The summed E-state index contributed by atoms with van der Waals surface area (Å²) >= 11 is 1.38. The molecule has 0 aliphatic heterocycles. The third-order valence-electron chi connectivity index (χ3n) is 4.06. The number of halogens is 1. The summed E-state index contributed by atoms with van der Waals surface area (Å²) in [5.74, 6) is -1.39. The van der Waals surface area contributed by atoms with E-state index >= 15 is 0 Å². The van der Waals surface area contributed by atoms with Crippen molar-refractivity contribution in [3.63, 3.8) is 0 Å². The summed E-state index contributed by atoms with van der Waals surface area (Å²) in [4.78, 5) is 25.3. The predicted molar refractivity (Wildman–Crippen MR) is 81.9 cm³/mol. The van der Waals surface area contributed by atoms with Crippen LogP contribution in [-0.4, -0.2) is 30.7 Å². The molecule has 0 bridgehead atoms. The zero-order valence-electron chi connectivity index (χ0n) is 12.4. The van der Waals surface area contributed by atoms with Gasteiger partial charge < -0.3 is 15.8 Å². The number of alkyl halides is 1. The molecule has 1 aromatic heterocycles. The fourth-order valence-corrected chi connectivity index (χ4v) is 3.99. The van der Waals surface area contributed by atoms with E-state index in [4.69, 9.17) is 10.5 Å². The summed E-state index contributed by atoms with van der Waals surface area (Å²) in [5, 5.41) is 3.19. The summed E-state index contributed by atoms with van der Waals surface area (Å²) in [6.07, 6.45) is 1.45. The molecule has 0 aromatic carbocycles. The number of esters is 1. The molecule has 7 heteroatoms. The molecule has 1 amide bonds. The Morgan fingerprint density at radius 3 is 2.86 bits per heavy atom. The molecule has 3 N–H and O–H groups in total. The first-order valence-corrected chi connectivity index (χ1v) is 8.35. The van der Waals surface area contributed by atoms with Crippen molar-refractivity contribution in [2.75, 3.05) is 11.9 Å². The lowest BCUT2D eigenvalue weighted by Crippen LogP contribution is -2.28. The van der Waals surface area contributed by atoms with Crippen molar-refractivity contribution in [3.05, 3.63) is 16.0 Å². The number of thiophene rings is 1. The van der Waals surface area contributed by atoms with Crippen LogP contribution >= 0.6 is 11.3 Å². The molecule has 1 fully saturated rings. The van der Waals surface area contributed by atoms with E-state index in [0.717, 1.165) is 23.3 Å². The average Bonchev–Trinajstić information content (AvgIpc) is 3.09. The lowest BCUT2D eigenvalue weighted by Gasteiger charge is -2.18. The highest BCUT2D eigenvalue weighted by Gasteiger charge is 2.44. The second-order valence-corrected chi connectivity index (χ2v) is 6.88. The Hall–Kier alpha value is -1.47. The summed E-state index contributed by atoms with van der Waals surface area (Å²) < 4.78 is 18.1. The van der Waals surface area contributed by atoms with Crippen LogP contribution in [0.5, 0.6) is 0 Å². The predicted octanol–water partition coefficient (Wildman–Crippen LogP) is 2.04. The van der Waals surface area contributed by atoms with Gasteiger partial charge in [-0.2, -0.15) is 0 Å². The van der Waals surface area contributed by atoms with E-state index < -0.39 is 18.1 Å². The minimum Gasteiger partial charge on any atom is -0.462 e. The van der Waals surface area contributed by atoms with Crippen LogP contribution in [0.2, 0.25) is 0 Å². The number of hydrogen-bond acceptors (Lipinski definition) is 5. The van der Waals surface area contributed by atoms with E-state index in [1.54, 1.807) is 6.92 Å². The Bertz CT molecular complexity index is 616. The van der Waals surface area contributed by atoms with Crippen LogP contribution in [-0.2, 0) is 22.4 Å². The van der Waals surface area contributed by atoms with E-state index in [0.29, 0.717) is 17.0 Å². The van der Waals surface area contributed by atoms with Crippen molar-refractivity contribution in [2.45, 2.75) is 44.8 Å². The Morgan fingerprint density at radius 2 is 2.23 bits per heavy atom. The topological polar surface area (TPSA) is 81.4 Å². The summed E-state index contributed by atoms with van der Waals surface area (Å²) in [7, 11) is 0. The summed E-state index contributed by atoms with van der Waals surface area (Å²) in [5.41, 5.74) is 7.28. The number of hydrogen-bond donors (Lipinski definition) is 2. The Balaban J connectivity index is 1.90. The standard InChI is InChI=1S/C15H19FN2O3S/c1-2-21-15(20)12-9-5-7(17)3-4-11(9)22-14(12)18-13(19)8-6-10(8)16/h7-8,10H,2-6,17H2,1H3,(H,18,19)/t7-,8-,10-/m0/s1. The van der Waals surface area contributed by atoms with Crippen molar-refractivity contribution < 1.29 is 18.7 Å². The fourth-order valence-electron chi connectivity index (χ4n) is 2.76. The number of carbonyl (C=O) groups excluding carboxylic acids is 2. The normalized spacial score (nSPS) is 26.2. The van der Waals surface area contributed by atoms with Gasteiger partial charge in [-0.15, -0.1) is 11.3 Å². The van der Waals surface area contributed by atoms with Crippen molar-refractivity contribution in [1.82, 2.24) is 0 Å². The number of ether oxygens (including phenoxy) is 1. The number of carbonyl (C=O) groups is 2. The Kier molecular flexibility index (Phi) is 4.18. The number of amides is 1. The smallest absolute Gasteiger partial charge is 0.341 e. The van der Waals surface area contributed by atoms with Gasteiger partial charge in [0.25, 0.3) is 0 Å². The van der Waals surface area contributed by atoms with Crippen molar-refractivity contribution in [1.29, 1.82) is 0 Å². The highest BCUT2D eigenvalue weighted by Crippen LogP contribution is 2.40. The van der Waals surface area contributed by atoms with Gasteiger partial charge >= 0.3 is 5.97 Å². The first kappa shape index (κ1) is 15.4. The average molecular weight is 326 g/mol. The van der Waals surface area contributed by atoms with Gasteiger partial charge in [-0.05, 0) is 38.2 Å². The molecule has 0 radical (unpaired) electrons. The van der Waals surface area contributed by atoms with E-state index in [-0.39, 0.29) is 25.0 Å². The van der Waals surface area contributed by atoms with Crippen LogP contribution < -0.4 is 11.1 Å². The molecule has 3 rings (SSSR count). The second kappa shape index (κ2) is 5.96. The number of nitrogens with two attached hydrogens (primary N) is 1. The molecule has 5 nitrogen and oxygen atoms in total. The third kappa shape index (κ3) is 2.87. The van der Waals surface area contributed by atoms with Gasteiger partial charge in [-0.1, -0.05) is 0 Å². The molecule has 2 aliphatic carbocycles. The zero-order valence-corrected chi connectivity index (χ0v) is 13.2. The first-order chi connectivity index (χ1) is 10.5. The number of rotatable bonds is 4. The minimum absolute atomic E-state index is 0.0116. The highest BCUT2D eigenvalue weighted by molar-refractivity contribution is 7.17. The van der Waals surface area contributed by atoms with Gasteiger partial charge in [-0.25, -0.2) is 9.18 Å². The van der Waals surface area contributed by atoms with Gasteiger partial charge in [0.05, 0.1) is 18.1 Å². The van der Waals surface area contributed by atoms with E-state index in [1.807, 2.05) is 0 Å². The minimum atomic E-state index is -1.06. The van der Waals surface area contributed by atoms with Crippen LogP contribution in [0.4, 0.5) is 9.39 Å². The number of aryl methyl sites for hydroxylation is 1. The molecule has 0 unspecified atom stereocenters. The molecule has 1 aromatic rings. The number of anilines is 1. The van der Waals surface area contributed by atoms with Crippen molar-refractivity contribution in [2.24, 2.45) is 11.7 Å². The monoisotopic (exact) mass is 326 g/mol. The Morgan fingerprint density at radius 1 is 1.50 bits per heavy atom. The van der Waals surface area contributed by atoms with Crippen LogP contribution in [0.1, 0.15) is 40.6 Å². The Labute approximate surface area is 132 Å². The van der Waals surface area contributed by atoms with Gasteiger partial charge in [0.1, 0.15) is 11.2 Å². The van der Waals surface area contributed by atoms with E-state index in [2.05, 4.69) is 5.32 Å². The molecule has 22 heavy (non-hydrogen) atoms. The zero-order chi connectivity index (χ0) is 15.9. The molecule has 0 spiro atoms. The molecule has 120 valence electrons. The van der Waals surface area contributed by atoms with Crippen molar-refractivity contribution in [3.8, 4) is 0 Å². The third-order valence-corrected chi connectivity index (χ3v) is 5.27. The lowest BCUT2D eigenvalue weighted by atomic mass is 9.92. The maximum Gasteiger partial charge on any atom is 0.341 e. The van der Waals surface area contributed by atoms with Gasteiger partial charge in [0, 0.05) is 10.9 Å².